The van der Waals surface area contributed by atoms with Gasteiger partial charge in [-0.05, 0) is 18.8 Å². The largest absolute Gasteiger partial charge is 0.416 e. The van der Waals surface area contributed by atoms with Gasteiger partial charge in [0.25, 0.3) is 0 Å². The molecule has 82 valence electrons. The first-order chi connectivity index (χ1) is 6.39. The zero-order valence-corrected chi connectivity index (χ0v) is 7.47. The Morgan fingerprint density at radius 2 is 2.07 bits per heavy atom. The van der Waals surface area contributed by atoms with Crippen LogP contribution < -0.4 is 5.32 Å². The number of hydrogen-bond donors (Lipinski definition) is 2. The van der Waals surface area contributed by atoms with Crippen LogP contribution in [0.5, 0.6) is 0 Å². The maximum Gasteiger partial charge on any atom is 0.416 e. The number of hydrogen-bond acceptors (Lipinski definition) is 2. The third kappa shape index (κ3) is 3.95. The molecule has 0 radical (unpaired) electrons. The molecule has 0 bridgehead atoms. The molecule has 0 aromatic heterocycles. The Morgan fingerprint density at radius 3 is 2.50 bits per heavy atom. The van der Waals surface area contributed by atoms with Crippen molar-refractivity contribution in [2.24, 2.45) is 5.92 Å². The first kappa shape index (κ1) is 11.3. The Morgan fingerprint density at radius 1 is 1.50 bits per heavy atom. The standard InChI is InChI=1S/C8H12F3NO2/c9-8(10,11)6(13)4-12-7(14)3-5-1-2-5/h5-6,13H,1-4H2,(H,12,14). The van der Waals surface area contributed by atoms with E-state index in [0.717, 1.165) is 12.8 Å². The zero-order chi connectivity index (χ0) is 10.8. The average molecular weight is 211 g/mol. The van der Waals surface area contributed by atoms with Crippen molar-refractivity contribution in [3.05, 3.63) is 0 Å². The van der Waals surface area contributed by atoms with Crippen molar-refractivity contribution in [3.63, 3.8) is 0 Å². The van der Waals surface area contributed by atoms with Crippen LogP contribution in [0, 0.1) is 5.92 Å². The number of aliphatic hydroxyl groups is 1. The summed E-state index contributed by atoms with van der Waals surface area (Å²) in [4.78, 5) is 10.9. The zero-order valence-electron chi connectivity index (χ0n) is 7.47. The highest BCUT2D eigenvalue weighted by molar-refractivity contribution is 5.76. The Labute approximate surface area is 79.3 Å². The Balaban J connectivity index is 2.15. The van der Waals surface area contributed by atoms with Crippen LogP contribution in [0.2, 0.25) is 0 Å². The van der Waals surface area contributed by atoms with Crippen molar-refractivity contribution in [1.29, 1.82) is 0 Å². The predicted molar refractivity (Wildman–Crippen MR) is 42.4 cm³/mol. The number of carbonyl (C=O) groups excluding carboxylic acids is 1. The minimum Gasteiger partial charge on any atom is -0.382 e. The number of alkyl halides is 3. The Hall–Kier alpha value is -0.780. The second kappa shape index (κ2) is 4.16. The van der Waals surface area contributed by atoms with Crippen LogP contribution in [-0.4, -0.2) is 29.8 Å². The highest BCUT2D eigenvalue weighted by Gasteiger charge is 2.38. The lowest BCUT2D eigenvalue weighted by molar-refractivity contribution is -0.201. The Bertz CT molecular complexity index is 213. The molecule has 1 atom stereocenters. The summed E-state index contributed by atoms with van der Waals surface area (Å²) in [6, 6.07) is 0. The molecule has 1 aliphatic carbocycles. The van der Waals surface area contributed by atoms with Gasteiger partial charge >= 0.3 is 6.18 Å². The van der Waals surface area contributed by atoms with Crippen LogP contribution in [0.4, 0.5) is 13.2 Å². The number of carbonyl (C=O) groups is 1. The molecule has 1 fully saturated rings. The van der Waals surface area contributed by atoms with Crippen molar-refractivity contribution in [3.8, 4) is 0 Å². The van der Waals surface area contributed by atoms with Crippen LogP contribution in [0.15, 0.2) is 0 Å². The second-order valence-corrected chi connectivity index (χ2v) is 3.51. The lowest BCUT2D eigenvalue weighted by Gasteiger charge is -2.14. The van der Waals surface area contributed by atoms with Gasteiger partial charge in [-0.1, -0.05) is 0 Å². The minimum absolute atomic E-state index is 0.268. The van der Waals surface area contributed by atoms with E-state index < -0.39 is 24.7 Å². The van der Waals surface area contributed by atoms with Crippen LogP contribution in [0.3, 0.4) is 0 Å². The summed E-state index contributed by atoms with van der Waals surface area (Å²) in [5, 5.41) is 10.6. The molecular formula is C8H12F3NO2. The van der Waals surface area contributed by atoms with Gasteiger partial charge in [0.1, 0.15) is 0 Å². The normalized spacial score (nSPS) is 19.1. The van der Waals surface area contributed by atoms with Gasteiger partial charge in [0.05, 0.1) is 6.54 Å². The molecule has 1 amide bonds. The number of halogens is 3. The number of nitrogens with one attached hydrogen (secondary N) is 1. The summed E-state index contributed by atoms with van der Waals surface area (Å²) in [5.41, 5.74) is 0. The van der Waals surface area contributed by atoms with E-state index in [2.05, 4.69) is 5.32 Å². The van der Waals surface area contributed by atoms with E-state index in [1.165, 1.54) is 0 Å². The molecule has 2 N–H and O–H groups in total. The lowest BCUT2D eigenvalue weighted by atomic mass is 10.2. The SMILES string of the molecule is O=C(CC1CC1)NCC(O)C(F)(F)F. The van der Waals surface area contributed by atoms with Gasteiger partial charge in [-0.15, -0.1) is 0 Å². The number of aliphatic hydroxyl groups excluding tert-OH is 1. The second-order valence-electron chi connectivity index (χ2n) is 3.51. The molecule has 0 aromatic carbocycles. The first-order valence-corrected chi connectivity index (χ1v) is 4.41. The van der Waals surface area contributed by atoms with E-state index in [-0.39, 0.29) is 6.42 Å². The quantitative estimate of drug-likeness (QED) is 0.723. The predicted octanol–water partition coefficient (Wildman–Crippen LogP) is 0.826. The lowest BCUT2D eigenvalue weighted by Crippen LogP contribution is -2.40. The van der Waals surface area contributed by atoms with E-state index in [1.54, 1.807) is 0 Å². The average Bonchev–Trinajstić information content (AvgIpc) is 2.82. The molecule has 1 aliphatic rings. The van der Waals surface area contributed by atoms with Gasteiger partial charge in [0.15, 0.2) is 6.10 Å². The van der Waals surface area contributed by atoms with Crippen LogP contribution in [0.25, 0.3) is 0 Å². The molecule has 1 saturated carbocycles. The first-order valence-electron chi connectivity index (χ1n) is 4.41. The van der Waals surface area contributed by atoms with Gasteiger partial charge in [-0.2, -0.15) is 13.2 Å². The van der Waals surface area contributed by atoms with Crippen molar-refractivity contribution >= 4 is 5.91 Å². The maximum absolute atomic E-state index is 11.8. The molecule has 3 nitrogen and oxygen atoms in total. The van der Waals surface area contributed by atoms with Gasteiger partial charge < -0.3 is 10.4 Å². The molecule has 0 spiro atoms. The summed E-state index contributed by atoms with van der Waals surface area (Å²) in [6.45, 7) is -0.755. The number of rotatable bonds is 4. The Kier molecular flexibility index (Phi) is 3.36. The van der Waals surface area contributed by atoms with E-state index >= 15 is 0 Å². The minimum atomic E-state index is -4.66. The van der Waals surface area contributed by atoms with Crippen molar-refractivity contribution < 1.29 is 23.1 Å². The summed E-state index contributed by atoms with van der Waals surface area (Å²) >= 11 is 0. The van der Waals surface area contributed by atoms with Crippen molar-refractivity contribution in [2.45, 2.75) is 31.5 Å². The van der Waals surface area contributed by atoms with Crippen LogP contribution in [0.1, 0.15) is 19.3 Å². The van der Waals surface area contributed by atoms with Crippen LogP contribution >= 0.6 is 0 Å². The highest BCUT2D eigenvalue weighted by Crippen LogP contribution is 2.32. The van der Waals surface area contributed by atoms with Crippen LogP contribution in [-0.2, 0) is 4.79 Å². The topological polar surface area (TPSA) is 49.3 Å². The third-order valence-electron chi connectivity index (χ3n) is 2.04. The molecule has 6 heteroatoms. The highest BCUT2D eigenvalue weighted by atomic mass is 19.4. The van der Waals surface area contributed by atoms with Gasteiger partial charge in [0, 0.05) is 6.42 Å². The van der Waals surface area contributed by atoms with E-state index in [9.17, 15) is 18.0 Å². The smallest absolute Gasteiger partial charge is 0.382 e. The fourth-order valence-electron chi connectivity index (χ4n) is 0.983. The molecule has 0 aromatic rings. The fourth-order valence-corrected chi connectivity index (χ4v) is 0.983. The summed E-state index contributed by atoms with van der Waals surface area (Å²) in [7, 11) is 0. The summed E-state index contributed by atoms with van der Waals surface area (Å²) < 4.78 is 35.3. The van der Waals surface area contributed by atoms with Gasteiger partial charge in [-0.3, -0.25) is 4.79 Å². The van der Waals surface area contributed by atoms with Crippen molar-refractivity contribution in [2.75, 3.05) is 6.54 Å². The molecule has 1 unspecified atom stereocenters. The molecule has 0 saturated heterocycles. The fraction of sp³-hybridized carbons (Fsp3) is 0.875. The molecule has 1 rings (SSSR count). The number of amides is 1. The molecular weight excluding hydrogens is 199 g/mol. The summed E-state index contributed by atoms with van der Waals surface area (Å²) in [6.07, 6.45) is -4.92. The molecule has 14 heavy (non-hydrogen) atoms. The van der Waals surface area contributed by atoms with Crippen molar-refractivity contribution in [1.82, 2.24) is 5.32 Å². The molecule has 0 heterocycles. The van der Waals surface area contributed by atoms with E-state index in [4.69, 9.17) is 5.11 Å². The van der Waals surface area contributed by atoms with Gasteiger partial charge in [0.2, 0.25) is 5.91 Å². The molecule has 0 aliphatic heterocycles. The monoisotopic (exact) mass is 211 g/mol. The summed E-state index contributed by atoms with van der Waals surface area (Å²) in [5.74, 6) is -0.0890. The third-order valence-corrected chi connectivity index (χ3v) is 2.04. The van der Waals surface area contributed by atoms with E-state index in [1.807, 2.05) is 0 Å². The van der Waals surface area contributed by atoms with Gasteiger partial charge in [-0.25, -0.2) is 0 Å². The maximum atomic E-state index is 11.8. The van der Waals surface area contributed by atoms with E-state index in [0.29, 0.717) is 5.92 Å².